The predicted molar refractivity (Wildman–Crippen MR) is 98.0 cm³/mol. The van der Waals surface area contributed by atoms with Gasteiger partial charge in [0.1, 0.15) is 74.8 Å². The Bertz CT molecular complexity index is 692. The molecule has 15 heteroatoms. The molecule has 0 aromatic rings. The van der Waals surface area contributed by atoms with E-state index in [0.29, 0.717) is 0 Å². The van der Waals surface area contributed by atoms with Crippen molar-refractivity contribution in [1.29, 1.82) is 0 Å². The van der Waals surface area contributed by atoms with E-state index in [9.17, 15) is 46.0 Å². The molecule has 12 unspecified atom stereocenters. The molecular weight excluding hydrogens is 456 g/mol. The number of aliphatic hydroxyl groups excluding tert-OH is 9. The van der Waals surface area contributed by atoms with E-state index in [0.717, 1.165) is 0 Å². The summed E-state index contributed by atoms with van der Waals surface area (Å²) in [7, 11) is 0. The average molecular weight is 486 g/mol. The molecule has 4 aliphatic rings. The Balaban J connectivity index is 1.39. The monoisotopic (exact) mass is 486 g/mol. The maximum atomic E-state index is 10.5. The van der Waals surface area contributed by atoms with Crippen LogP contribution in [0, 0.1) is 0 Å². The summed E-state index contributed by atoms with van der Waals surface area (Å²) in [5.74, 6) is -5.61. The van der Waals surface area contributed by atoms with E-state index in [-0.39, 0.29) is 6.61 Å². The SMILES string of the molecule is OCC1OC(CO)(OCC2OC(CO)(OCC3OC4(CO4)C(O)C3O)C(O)C2O)C(O)C1O. The first kappa shape index (κ1) is 25.5. The van der Waals surface area contributed by atoms with Crippen LogP contribution in [-0.4, -0.2) is 158 Å². The normalized spacial score (nSPS) is 53.9. The van der Waals surface area contributed by atoms with Gasteiger partial charge >= 0.3 is 0 Å². The lowest BCUT2D eigenvalue weighted by molar-refractivity contribution is -0.308. The molecule has 9 N–H and O–H groups in total. The Morgan fingerprint density at radius 2 is 1.06 bits per heavy atom. The summed E-state index contributed by atoms with van der Waals surface area (Å²) in [6.45, 7) is -3.47. The predicted octanol–water partition coefficient (Wildman–Crippen LogP) is -6.52. The van der Waals surface area contributed by atoms with Gasteiger partial charge in [-0.05, 0) is 0 Å². The van der Waals surface area contributed by atoms with Gasteiger partial charge in [0.05, 0.1) is 19.8 Å². The summed E-state index contributed by atoms with van der Waals surface area (Å²) in [5.41, 5.74) is 0. The largest absolute Gasteiger partial charge is 0.394 e. The Labute approximate surface area is 187 Å². The molecule has 1 spiro atoms. The van der Waals surface area contributed by atoms with Gasteiger partial charge in [0.2, 0.25) is 17.4 Å². The van der Waals surface area contributed by atoms with Crippen molar-refractivity contribution in [3.63, 3.8) is 0 Å². The van der Waals surface area contributed by atoms with Crippen molar-refractivity contribution >= 4 is 0 Å². The summed E-state index contributed by atoms with van der Waals surface area (Å²) in [5, 5.41) is 89.8. The summed E-state index contributed by atoms with van der Waals surface area (Å²) < 4.78 is 32.1. The third-order valence-electron chi connectivity index (χ3n) is 6.55. The van der Waals surface area contributed by atoms with E-state index in [1.807, 2.05) is 0 Å². The summed E-state index contributed by atoms with van der Waals surface area (Å²) in [4.78, 5) is 0. The molecule has 0 aromatic heterocycles. The molecule has 12 atom stereocenters. The van der Waals surface area contributed by atoms with Crippen LogP contribution in [0.15, 0.2) is 0 Å². The number of epoxide rings is 1. The highest BCUT2D eigenvalue weighted by molar-refractivity contribution is 5.04. The van der Waals surface area contributed by atoms with Crippen LogP contribution in [0.1, 0.15) is 0 Å². The molecule has 0 saturated carbocycles. The van der Waals surface area contributed by atoms with E-state index in [1.54, 1.807) is 0 Å². The summed E-state index contributed by atoms with van der Waals surface area (Å²) >= 11 is 0. The van der Waals surface area contributed by atoms with Crippen LogP contribution in [0.3, 0.4) is 0 Å². The molecule has 0 radical (unpaired) electrons. The van der Waals surface area contributed by atoms with Crippen LogP contribution in [0.2, 0.25) is 0 Å². The second-order valence-corrected chi connectivity index (χ2v) is 8.62. The van der Waals surface area contributed by atoms with Gasteiger partial charge in [0.25, 0.3) is 0 Å². The number of rotatable bonds is 9. The van der Waals surface area contributed by atoms with Crippen LogP contribution in [0.25, 0.3) is 0 Å². The van der Waals surface area contributed by atoms with Gasteiger partial charge in [-0.3, -0.25) is 0 Å². The second-order valence-electron chi connectivity index (χ2n) is 8.62. The van der Waals surface area contributed by atoms with Gasteiger partial charge in [-0.1, -0.05) is 0 Å². The van der Waals surface area contributed by atoms with Crippen LogP contribution in [0.5, 0.6) is 0 Å². The Hall–Kier alpha value is -0.600. The van der Waals surface area contributed by atoms with Gasteiger partial charge in [-0.15, -0.1) is 0 Å². The zero-order valence-corrected chi connectivity index (χ0v) is 17.4. The summed E-state index contributed by atoms with van der Waals surface area (Å²) in [6, 6.07) is 0. The smallest absolute Gasteiger partial charge is 0.222 e. The average Bonchev–Trinajstić information content (AvgIpc) is 3.46. The van der Waals surface area contributed by atoms with E-state index in [4.69, 9.17) is 28.4 Å². The Kier molecular flexibility index (Phi) is 7.05. The highest BCUT2D eigenvalue weighted by atomic mass is 16.8. The number of ether oxygens (including phenoxy) is 6. The number of hydrogen-bond acceptors (Lipinski definition) is 15. The van der Waals surface area contributed by atoms with Gasteiger partial charge in [-0.25, -0.2) is 0 Å². The van der Waals surface area contributed by atoms with Crippen LogP contribution in [0.4, 0.5) is 0 Å². The molecule has 0 aromatic carbocycles. The third kappa shape index (κ3) is 4.10. The minimum atomic E-state index is -2.16. The minimum absolute atomic E-state index is 0.0798. The van der Waals surface area contributed by atoms with Crippen molar-refractivity contribution in [2.45, 2.75) is 72.3 Å². The highest BCUT2D eigenvalue weighted by Crippen LogP contribution is 2.43. The molecule has 4 aliphatic heterocycles. The standard InChI is InChI=1S/C18H30O15/c19-1-7-10(22)13(25)16(4-20,31-7)28-2-8-11(23)14(26)17(5-21,32-8)29-3-9-12(24)15(27)18(33-9)6-30-18/h7-15,19-27H,1-6H2. The Morgan fingerprint density at radius 3 is 1.45 bits per heavy atom. The van der Waals surface area contributed by atoms with E-state index in [2.05, 4.69) is 0 Å². The number of hydrogen-bond donors (Lipinski definition) is 9. The second kappa shape index (κ2) is 9.12. The van der Waals surface area contributed by atoms with Gasteiger partial charge in [-0.2, -0.15) is 0 Å². The quantitative estimate of drug-likeness (QED) is 0.138. The molecule has 4 heterocycles. The summed E-state index contributed by atoms with van der Waals surface area (Å²) in [6.07, 6.45) is -13.1. The topological polar surface area (TPSA) is 241 Å². The lowest BCUT2D eigenvalue weighted by Gasteiger charge is -2.32. The minimum Gasteiger partial charge on any atom is -0.394 e. The van der Waals surface area contributed by atoms with Crippen molar-refractivity contribution in [3.05, 3.63) is 0 Å². The molecule has 4 rings (SSSR count). The first-order valence-electron chi connectivity index (χ1n) is 10.4. The third-order valence-corrected chi connectivity index (χ3v) is 6.55. The molecule has 15 nitrogen and oxygen atoms in total. The van der Waals surface area contributed by atoms with E-state index < -0.39 is 105 Å². The molecule has 4 saturated heterocycles. The van der Waals surface area contributed by atoms with Crippen molar-refractivity contribution in [2.24, 2.45) is 0 Å². The number of aliphatic hydroxyl groups is 9. The van der Waals surface area contributed by atoms with Gasteiger partial charge < -0.3 is 74.4 Å². The fourth-order valence-electron chi connectivity index (χ4n) is 4.34. The fraction of sp³-hybridized carbons (Fsp3) is 1.00. The van der Waals surface area contributed by atoms with Crippen LogP contribution in [-0.2, 0) is 28.4 Å². The highest BCUT2D eigenvalue weighted by Gasteiger charge is 2.65. The van der Waals surface area contributed by atoms with Crippen LogP contribution < -0.4 is 0 Å². The van der Waals surface area contributed by atoms with Crippen molar-refractivity contribution in [3.8, 4) is 0 Å². The lowest BCUT2D eigenvalue weighted by atomic mass is 10.0. The van der Waals surface area contributed by atoms with Gasteiger partial charge in [0, 0.05) is 0 Å². The van der Waals surface area contributed by atoms with Crippen molar-refractivity contribution < 1.29 is 74.4 Å². The first-order chi connectivity index (χ1) is 15.6. The van der Waals surface area contributed by atoms with E-state index in [1.165, 1.54) is 0 Å². The Morgan fingerprint density at radius 1 is 0.636 bits per heavy atom. The van der Waals surface area contributed by atoms with Crippen molar-refractivity contribution in [1.82, 2.24) is 0 Å². The fourth-order valence-corrected chi connectivity index (χ4v) is 4.34. The molecule has 0 aliphatic carbocycles. The van der Waals surface area contributed by atoms with E-state index >= 15 is 0 Å². The molecule has 192 valence electrons. The molecular formula is C18H30O15. The maximum absolute atomic E-state index is 10.5. The lowest BCUT2D eigenvalue weighted by Crippen LogP contribution is -2.50. The zero-order chi connectivity index (χ0) is 24.2. The molecule has 4 fully saturated rings. The molecule has 0 amide bonds. The zero-order valence-electron chi connectivity index (χ0n) is 17.4. The van der Waals surface area contributed by atoms with Crippen molar-refractivity contribution in [2.75, 3.05) is 39.6 Å². The first-order valence-corrected chi connectivity index (χ1v) is 10.4. The molecule has 0 bridgehead atoms. The van der Waals surface area contributed by atoms with Crippen LogP contribution >= 0.6 is 0 Å². The maximum Gasteiger partial charge on any atom is 0.222 e. The van der Waals surface area contributed by atoms with Gasteiger partial charge in [0.15, 0.2) is 0 Å². The molecule has 33 heavy (non-hydrogen) atoms.